The highest BCUT2D eigenvalue weighted by atomic mass is 32.2. The molecule has 0 spiro atoms. The summed E-state index contributed by atoms with van der Waals surface area (Å²) in [6.45, 7) is 0. The number of nitrogen functional groups attached to an aromatic ring is 1. The number of ether oxygens (including phenoxy) is 1. The van der Waals surface area contributed by atoms with E-state index in [9.17, 15) is 8.42 Å². The van der Waals surface area contributed by atoms with Crippen LogP contribution in [0, 0.1) is 0 Å². The Morgan fingerprint density at radius 3 is 2.67 bits per heavy atom. The molecule has 96 valence electrons. The Morgan fingerprint density at radius 1 is 1.39 bits per heavy atom. The van der Waals surface area contributed by atoms with Crippen molar-refractivity contribution in [1.82, 2.24) is 14.8 Å². The zero-order chi connectivity index (χ0) is 13.3. The van der Waals surface area contributed by atoms with Gasteiger partial charge in [-0.2, -0.15) is 4.98 Å². The molecule has 9 heteroatoms. The molecule has 0 radical (unpaired) electrons. The van der Waals surface area contributed by atoms with Gasteiger partial charge >= 0.3 is 6.01 Å². The third-order valence-electron chi connectivity index (χ3n) is 2.09. The van der Waals surface area contributed by atoms with E-state index in [2.05, 4.69) is 10.1 Å². The number of nitrogens with two attached hydrogens (primary N) is 2. The van der Waals surface area contributed by atoms with Crippen molar-refractivity contribution in [2.75, 3.05) is 5.73 Å². The Kier molecular flexibility index (Phi) is 2.93. The lowest BCUT2D eigenvalue weighted by Gasteiger charge is -2.06. The van der Waals surface area contributed by atoms with Crippen LogP contribution in [0.25, 0.3) is 0 Å². The third-order valence-corrected chi connectivity index (χ3v) is 3.00. The average Bonchev–Trinajstić information content (AvgIpc) is 2.66. The zero-order valence-electron chi connectivity index (χ0n) is 9.44. The van der Waals surface area contributed by atoms with Crippen LogP contribution in [0.1, 0.15) is 0 Å². The van der Waals surface area contributed by atoms with E-state index in [4.69, 9.17) is 15.6 Å². The summed E-state index contributed by atoms with van der Waals surface area (Å²) in [6, 6.07) is 3.97. The number of aryl methyl sites for hydroxylation is 1. The Labute approximate surface area is 103 Å². The number of anilines is 1. The van der Waals surface area contributed by atoms with Crippen molar-refractivity contribution in [3.05, 3.63) is 24.5 Å². The molecule has 0 aliphatic carbocycles. The Balaban J connectivity index is 2.38. The number of rotatable bonds is 3. The molecule has 0 unspecified atom stereocenters. The second kappa shape index (κ2) is 4.27. The van der Waals surface area contributed by atoms with Crippen LogP contribution in [-0.2, 0) is 17.1 Å². The van der Waals surface area contributed by atoms with Crippen LogP contribution in [-0.4, -0.2) is 23.2 Å². The summed E-state index contributed by atoms with van der Waals surface area (Å²) >= 11 is 0. The molecule has 0 amide bonds. The van der Waals surface area contributed by atoms with Gasteiger partial charge in [0.2, 0.25) is 10.0 Å². The first-order chi connectivity index (χ1) is 8.36. The molecule has 4 N–H and O–H groups in total. The van der Waals surface area contributed by atoms with Crippen LogP contribution < -0.4 is 15.6 Å². The molecule has 0 atom stereocenters. The quantitative estimate of drug-likeness (QED) is 0.745. The molecular weight excluding hydrogens is 258 g/mol. The predicted molar refractivity (Wildman–Crippen MR) is 63.3 cm³/mol. The summed E-state index contributed by atoms with van der Waals surface area (Å²) in [7, 11) is -2.14. The van der Waals surface area contributed by atoms with Crippen molar-refractivity contribution < 1.29 is 13.2 Å². The maximum absolute atomic E-state index is 11.2. The van der Waals surface area contributed by atoms with Gasteiger partial charge in [-0.1, -0.05) is 0 Å². The largest absolute Gasteiger partial charge is 0.421 e. The number of hydrogen-bond donors (Lipinski definition) is 2. The third kappa shape index (κ3) is 2.57. The molecule has 0 bridgehead atoms. The summed E-state index contributed by atoms with van der Waals surface area (Å²) in [6.07, 6.45) is 1.44. The van der Waals surface area contributed by atoms with Gasteiger partial charge in [-0.25, -0.2) is 13.6 Å². The van der Waals surface area contributed by atoms with Gasteiger partial charge in [-0.3, -0.25) is 4.68 Å². The van der Waals surface area contributed by atoms with Crippen molar-refractivity contribution in [2.24, 2.45) is 12.2 Å². The molecule has 2 aromatic rings. The first-order valence-electron chi connectivity index (χ1n) is 4.82. The van der Waals surface area contributed by atoms with Gasteiger partial charge in [0.1, 0.15) is 6.33 Å². The van der Waals surface area contributed by atoms with Crippen LogP contribution in [0.4, 0.5) is 5.69 Å². The van der Waals surface area contributed by atoms with Crippen molar-refractivity contribution in [3.63, 3.8) is 0 Å². The predicted octanol–water partition coefficient (Wildman–Crippen LogP) is -0.163. The van der Waals surface area contributed by atoms with Gasteiger partial charge < -0.3 is 10.5 Å². The molecule has 0 saturated heterocycles. The van der Waals surface area contributed by atoms with Crippen molar-refractivity contribution in [3.8, 4) is 11.8 Å². The van der Waals surface area contributed by atoms with E-state index in [0.29, 0.717) is 0 Å². The van der Waals surface area contributed by atoms with Gasteiger partial charge in [-0.15, -0.1) is 5.10 Å². The molecule has 0 saturated carbocycles. The van der Waals surface area contributed by atoms with E-state index in [1.54, 1.807) is 7.05 Å². The second-order valence-corrected chi connectivity index (χ2v) is 5.11. The number of nitrogens with zero attached hydrogens (tertiary/aromatic N) is 3. The van der Waals surface area contributed by atoms with Crippen LogP contribution in [0.3, 0.4) is 0 Å². The molecule has 1 aromatic heterocycles. The van der Waals surface area contributed by atoms with Gasteiger partial charge in [0.05, 0.1) is 10.6 Å². The number of benzene rings is 1. The lowest BCUT2D eigenvalue weighted by molar-refractivity contribution is 0.439. The van der Waals surface area contributed by atoms with Crippen LogP contribution in [0.5, 0.6) is 11.8 Å². The summed E-state index contributed by atoms with van der Waals surface area (Å²) in [5, 5.41) is 8.90. The SMILES string of the molecule is Cn1cnc(Oc2cc(S(N)(=O)=O)ccc2N)n1. The number of sulfonamides is 1. The van der Waals surface area contributed by atoms with Gasteiger partial charge in [0, 0.05) is 13.1 Å². The topological polar surface area (TPSA) is 126 Å². The van der Waals surface area contributed by atoms with Crippen LogP contribution in [0.2, 0.25) is 0 Å². The lowest BCUT2D eigenvalue weighted by Crippen LogP contribution is -2.12. The molecule has 0 fully saturated rings. The highest BCUT2D eigenvalue weighted by Gasteiger charge is 2.12. The van der Waals surface area contributed by atoms with E-state index in [0.717, 1.165) is 0 Å². The molecule has 2 rings (SSSR count). The molecule has 8 nitrogen and oxygen atoms in total. The first kappa shape index (κ1) is 12.3. The van der Waals surface area contributed by atoms with Gasteiger partial charge in [0.25, 0.3) is 0 Å². The van der Waals surface area contributed by atoms with E-state index in [-0.39, 0.29) is 22.3 Å². The maximum Gasteiger partial charge on any atom is 0.341 e. The number of primary sulfonamides is 1. The minimum Gasteiger partial charge on any atom is -0.421 e. The number of hydrogen-bond acceptors (Lipinski definition) is 6. The fraction of sp³-hybridized carbons (Fsp3) is 0.111. The Hall–Kier alpha value is -2.13. The molecule has 1 heterocycles. The van der Waals surface area contributed by atoms with Crippen molar-refractivity contribution in [2.45, 2.75) is 4.90 Å². The summed E-state index contributed by atoms with van der Waals surface area (Å²) in [5.74, 6) is 0.132. The Bertz CT molecular complexity index is 679. The minimum atomic E-state index is -3.81. The molecule has 0 aliphatic rings. The monoisotopic (exact) mass is 269 g/mol. The fourth-order valence-corrected chi connectivity index (χ4v) is 1.77. The molecule has 0 aliphatic heterocycles. The average molecular weight is 269 g/mol. The first-order valence-corrected chi connectivity index (χ1v) is 6.37. The molecule has 18 heavy (non-hydrogen) atoms. The van der Waals surface area contributed by atoms with E-state index >= 15 is 0 Å². The van der Waals surface area contributed by atoms with E-state index in [1.807, 2.05) is 0 Å². The van der Waals surface area contributed by atoms with Crippen molar-refractivity contribution in [1.29, 1.82) is 0 Å². The van der Waals surface area contributed by atoms with Gasteiger partial charge in [0.15, 0.2) is 5.75 Å². The lowest BCUT2D eigenvalue weighted by atomic mass is 10.3. The smallest absolute Gasteiger partial charge is 0.341 e. The maximum atomic E-state index is 11.2. The second-order valence-electron chi connectivity index (χ2n) is 3.55. The van der Waals surface area contributed by atoms with E-state index in [1.165, 1.54) is 29.2 Å². The Morgan fingerprint density at radius 2 is 2.11 bits per heavy atom. The number of aromatic nitrogens is 3. The highest BCUT2D eigenvalue weighted by molar-refractivity contribution is 7.89. The van der Waals surface area contributed by atoms with Crippen molar-refractivity contribution >= 4 is 15.7 Å². The summed E-state index contributed by atoms with van der Waals surface area (Å²) in [5.41, 5.74) is 5.92. The normalized spacial score (nSPS) is 11.4. The van der Waals surface area contributed by atoms with E-state index < -0.39 is 10.0 Å². The summed E-state index contributed by atoms with van der Waals surface area (Å²) < 4.78 is 29.1. The summed E-state index contributed by atoms with van der Waals surface area (Å²) in [4.78, 5) is 3.74. The van der Waals surface area contributed by atoms with Gasteiger partial charge in [-0.05, 0) is 12.1 Å². The van der Waals surface area contributed by atoms with Crippen LogP contribution in [0.15, 0.2) is 29.4 Å². The highest BCUT2D eigenvalue weighted by Crippen LogP contribution is 2.27. The minimum absolute atomic E-state index is 0.0655. The fourth-order valence-electron chi connectivity index (χ4n) is 1.24. The molecular formula is C9H11N5O3S. The van der Waals surface area contributed by atoms with Crippen LogP contribution >= 0.6 is 0 Å². The molecule has 1 aromatic carbocycles. The standard InChI is InChI=1S/C9H11N5O3S/c1-14-5-12-9(13-14)17-8-4-6(18(11,15)16)2-3-7(8)10/h2-5H,10H2,1H3,(H2,11,15,16). The zero-order valence-corrected chi connectivity index (χ0v) is 10.3.